The smallest absolute Gasteiger partial charge is 0.105 e. The standard InChI is InChI=1S/C9H21NO/c1-6-9(7(2)3)10-8(4)11-5/h7-10H,6H2,1-5H3/t8?,9-/m0/s1. The highest BCUT2D eigenvalue weighted by Crippen LogP contribution is 2.06. The minimum atomic E-state index is 0.169. The lowest BCUT2D eigenvalue weighted by Gasteiger charge is -2.24. The first-order valence-electron chi connectivity index (χ1n) is 4.40. The van der Waals surface area contributed by atoms with Crippen molar-refractivity contribution in [3.8, 4) is 0 Å². The molecular formula is C9H21NO. The molecule has 68 valence electrons. The van der Waals surface area contributed by atoms with Crippen LogP contribution in [0.3, 0.4) is 0 Å². The Morgan fingerprint density at radius 1 is 1.27 bits per heavy atom. The van der Waals surface area contributed by atoms with Crippen molar-refractivity contribution in [2.75, 3.05) is 7.11 Å². The van der Waals surface area contributed by atoms with E-state index in [1.807, 2.05) is 6.92 Å². The van der Waals surface area contributed by atoms with E-state index in [0.717, 1.165) is 6.42 Å². The van der Waals surface area contributed by atoms with Gasteiger partial charge in [-0.05, 0) is 19.3 Å². The first kappa shape index (κ1) is 10.9. The summed E-state index contributed by atoms with van der Waals surface area (Å²) in [5.74, 6) is 0.678. The van der Waals surface area contributed by atoms with Crippen molar-refractivity contribution in [1.29, 1.82) is 0 Å². The molecule has 0 saturated heterocycles. The van der Waals surface area contributed by atoms with Crippen LogP contribution in [0, 0.1) is 5.92 Å². The number of ether oxygens (including phenoxy) is 1. The van der Waals surface area contributed by atoms with Gasteiger partial charge in [0.25, 0.3) is 0 Å². The number of nitrogens with one attached hydrogen (secondary N) is 1. The summed E-state index contributed by atoms with van der Waals surface area (Å²) in [6, 6.07) is 0.574. The van der Waals surface area contributed by atoms with Crippen molar-refractivity contribution in [2.24, 2.45) is 5.92 Å². The lowest BCUT2D eigenvalue weighted by molar-refractivity contribution is 0.0710. The molecule has 0 spiro atoms. The van der Waals surface area contributed by atoms with Gasteiger partial charge in [0.05, 0.1) is 0 Å². The molecule has 0 bridgehead atoms. The van der Waals surface area contributed by atoms with Crippen LogP contribution in [0.1, 0.15) is 34.1 Å². The predicted molar refractivity (Wildman–Crippen MR) is 48.5 cm³/mol. The van der Waals surface area contributed by atoms with E-state index in [9.17, 15) is 0 Å². The van der Waals surface area contributed by atoms with Gasteiger partial charge in [-0.25, -0.2) is 0 Å². The fraction of sp³-hybridized carbons (Fsp3) is 1.00. The van der Waals surface area contributed by atoms with E-state index in [0.29, 0.717) is 12.0 Å². The molecule has 0 aromatic heterocycles. The highest BCUT2D eigenvalue weighted by atomic mass is 16.5. The van der Waals surface area contributed by atoms with Crippen LogP contribution < -0.4 is 5.32 Å². The lowest BCUT2D eigenvalue weighted by atomic mass is 10.0. The largest absolute Gasteiger partial charge is 0.367 e. The van der Waals surface area contributed by atoms with Gasteiger partial charge < -0.3 is 4.74 Å². The van der Waals surface area contributed by atoms with Crippen molar-refractivity contribution < 1.29 is 4.74 Å². The summed E-state index contributed by atoms with van der Waals surface area (Å²) in [5, 5.41) is 3.39. The van der Waals surface area contributed by atoms with Gasteiger partial charge in [0.1, 0.15) is 6.23 Å². The zero-order valence-corrected chi connectivity index (χ0v) is 8.35. The molecule has 1 N–H and O–H groups in total. The topological polar surface area (TPSA) is 21.3 Å². The summed E-state index contributed by atoms with van der Waals surface area (Å²) in [4.78, 5) is 0. The molecule has 0 saturated carbocycles. The molecule has 11 heavy (non-hydrogen) atoms. The average Bonchev–Trinajstić information content (AvgIpc) is 1.99. The van der Waals surface area contributed by atoms with E-state index in [2.05, 4.69) is 26.1 Å². The summed E-state index contributed by atoms with van der Waals surface area (Å²) >= 11 is 0. The zero-order valence-electron chi connectivity index (χ0n) is 8.35. The van der Waals surface area contributed by atoms with Gasteiger partial charge >= 0.3 is 0 Å². The Bertz CT molecular complexity index is 93.6. The summed E-state index contributed by atoms with van der Waals surface area (Å²) in [5.41, 5.74) is 0. The molecule has 0 heterocycles. The van der Waals surface area contributed by atoms with Crippen LogP contribution in [0.4, 0.5) is 0 Å². The molecule has 0 fully saturated rings. The first-order chi connectivity index (χ1) is 5.11. The van der Waals surface area contributed by atoms with Gasteiger partial charge in [0.2, 0.25) is 0 Å². The van der Waals surface area contributed by atoms with Gasteiger partial charge in [-0.15, -0.1) is 0 Å². The Labute approximate surface area is 70.3 Å². The van der Waals surface area contributed by atoms with Crippen LogP contribution in [0.2, 0.25) is 0 Å². The van der Waals surface area contributed by atoms with Crippen molar-refractivity contribution in [2.45, 2.75) is 46.4 Å². The summed E-state index contributed by atoms with van der Waals surface area (Å²) in [6.07, 6.45) is 1.33. The quantitative estimate of drug-likeness (QED) is 0.619. The minimum Gasteiger partial charge on any atom is -0.367 e. The molecule has 0 rings (SSSR count). The Hall–Kier alpha value is -0.0800. The van der Waals surface area contributed by atoms with Gasteiger partial charge in [-0.1, -0.05) is 20.8 Å². The second-order valence-corrected chi connectivity index (χ2v) is 3.30. The zero-order chi connectivity index (χ0) is 8.85. The second kappa shape index (κ2) is 5.56. The normalized spacial score (nSPS) is 16.9. The maximum absolute atomic E-state index is 5.12. The third kappa shape index (κ3) is 4.38. The average molecular weight is 159 g/mol. The fourth-order valence-electron chi connectivity index (χ4n) is 1.15. The molecule has 2 atom stereocenters. The molecule has 0 radical (unpaired) electrons. The molecule has 2 heteroatoms. The van der Waals surface area contributed by atoms with E-state index < -0.39 is 0 Å². The maximum Gasteiger partial charge on any atom is 0.105 e. The molecule has 0 aromatic rings. The molecule has 1 unspecified atom stereocenters. The number of rotatable bonds is 5. The van der Waals surface area contributed by atoms with Gasteiger partial charge in [0.15, 0.2) is 0 Å². The Balaban J connectivity index is 3.68. The Kier molecular flexibility index (Phi) is 5.51. The van der Waals surface area contributed by atoms with Crippen LogP contribution in [0.25, 0.3) is 0 Å². The minimum absolute atomic E-state index is 0.169. The molecule has 2 nitrogen and oxygen atoms in total. The summed E-state index contributed by atoms with van der Waals surface area (Å²) in [7, 11) is 1.73. The van der Waals surface area contributed by atoms with Crippen molar-refractivity contribution >= 4 is 0 Å². The van der Waals surface area contributed by atoms with Crippen molar-refractivity contribution in [1.82, 2.24) is 5.32 Å². The first-order valence-corrected chi connectivity index (χ1v) is 4.40. The fourth-order valence-corrected chi connectivity index (χ4v) is 1.15. The van der Waals surface area contributed by atoms with E-state index >= 15 is 0 Å². The second-order valence-electron chi connectivity index (χ2n) is 3.30. The van der Waals surface area contributed by atoms with Crippen LogP contribution in [-0.4, -0.2) is 19.4 Å². The van der Waals surface area contributed by atoms with Gasteiger partial charge in [-0.2, -0.15) is 0 Å². The molecule has 0 aliphatic carbocycles. The van der Waals surface area contributed by atoms with E-state index in [1.165, 1.54) is 0 Å². The number of hydrogen-bond acceptors (Lipinski definition) is 2. The molecule has 0 amide bonds. The molecular weight excluding hydrogens is 138 g/mol. The summed E-state index contributed by atoms with van der Waals surface area (Å²) < 4.78 is 5.12. The van der Waals surface area contributed by atoms with Crippen LogP contribution in [-0.2, 0) is 4.74 Å². The maximum atomic E-state index is 5.12. The summed E-state index contributed by atoms with van der Waals surface area (Å²) in [6.45, 7) is 8.68. The highest BCUT2D eigenvalue weighted by Gasteiger charge is 2.12. The van der Waals surface area contributed by atoms with Crippen LogP contribution >= 0.6 is 0 Å². The highest BCUT2D eigenvalue weighted by molar-refractivity contribution is 4.68. The van der Waals surface area contributed by atoms with Gasteiger partial charge in [-0.3, -0.25) is 5.32 Å². The number of methoxy groups -OCH3 is 1. The predicted octanol–water partition coefficient (Wildman–Crippen LogP) is 2.00. The third-order valence-corrected chi connectivity index (χ3v) is 2.05. The Morgan fingerprint density at radius 3 is 2.09 bits per heavy atom. The lowest BCUT2D eigenvalue weighted by Crippen LogP contribution is -2.40. The molecule has 0 aliphatic heterocycles. The third-order valence-electron chi connectivity index (χ3n) is 2.05. The van der Waals surface area contributed by atoms with Crippen LogP contribution in [0.5, 0.6) is 0 Å². The molecule has 0 aliphatic rings. The van der Waals surface area contributed by atoms with Crippen LogP contribution in [0.15, 0.2) is 0 Å². The Morgan fingerprint density at radius 2 is 1.82 bits per heavy atom. The van der Waals surface area contributed by atoms with E-state index in [4.69, 9.17) is 4.74 Å². The van der Waals surface area contributed by atoms with E-state index in [1.54, 1.807) is 7.11 Å². The monoisotopic (exact) mass is 159 g/mol. The number of hydrogen-bond donors (Lipinski definition) is 1. The van der Waals surface area contributed by atoms with Gasteiger partial charge in [0, 0.05) is 13.2 Å². The SMILES string of the molecule is CC[C@H](NC(C)OC)C(C)C. The van der Waals surface area contributed by atoms with E-state index in [-0.39, 0.29) is 6.23 Å². The molecule has 0 aromatic carbocycles. The van der Waals surface area contributed by atoms with Crippen molar-refractivity contribution in [3.63, 3.8) is 0 Å². The van der Waals surface area contributed by atoms with Crippen molar-refractivity contribution in [3.05, 3.63) is 0 Å².